The van der Waals surface area contributed by atoms with E-state index in [4.69, 9.17) is 0 Å². The molecule has 0 radical (unpaired) electrons. The second kappa shape index (κ2) is 4.79. The standard InChI is InChI=1S/C11H11BrF2N2O2/c12-8-2-3-9(16(17)18)10(6-8)15-5-1-4-11(13,14)7-15/h2-3,6H,1,4-5,7H2. The minimum absolute atomic E-state index is 0.143. The molecule has 1 fully saturated rings. The van der Waals surface area contributed by atoms with Gasteiger partial charge >= 0.3 is 0 Å². The highest BCUT2D eigenvalue weighted by atomic mass is 79.9. The fraction of sp³-hybridized carbons (Fsp3) is 0.455. The maximum absolute atomic E-state index is 13.4. The van der Waals surface area contributed by atoms with E-state index >= 15 is 0 Å². The molecule has 98 valence electrons. The molecule has 1 heterocycles. The molecule has 0 amide bonds. The van der Waals surface area contributed by atoms with E-state index in [-0.39, 0.29) is 17.8 Å². The van der Waals surface area contributed by atoms with Gasteiger partial charge in [0.1, 0.15) is 5.69 Å². The Kier molecular flexibility index (Phi) is 3.52. The Labute approximate surface area is 111 Å². The smallest absolute Gasteiger partial charge is 0.292 e. The van der Waals surface area contributed by atoms with Gasteiger partial charge in [0.25, 0.3) is 11.6 Å². The van der Waals surface area contributed by atoms with E-state index in [1.54, 1.807) is 0 Å². The van der Waals surface area contributed by atoms with Gasteiger partial charge in [0.05, 0.1) is 11.5 Å². The van der Waals surface area contributed by atoms with Crippen LogP contribution in [-0.2, 0) is 0 Å². The Morgan fingerprint density at radius 1 is 1.44 bits per heavy atom. The number of halogens is 3. The highest BCUT2D eigenvalue weighted by molar-refractivity contribution is 9.10. The SMILES string of the molecule is O=[N+]([O-])c1ccc(Br)cc1N1CCCC(F)(F)C1. The number of nitrogens with zero attached hydrogens (tertiary/aromatic N) is 2. The molecule has 0 saturated carbocycles. The molecular weight excluding hydrogens is 310 g/mol. The first-order valence-electron chi connectivity index (χ1n) is 5.46. The quantitative estimate of drug-likeness (QED) is 0.618. The summed E-state index contributed by atoms with van der Waals surface area (Å²) >= 11 is 3.20. The maximum Gasteiger partial charge on any atom is 0.292 e. The molecule has 1 aliphatic rings. The molecule has 1 saturated heterocycles. The number of alkyl halides is 2. The zero-order valence-corrected chi connectivity index (χ0v) is 11.0. The topological polar surface area (TPSA) is 46.4 Å². The summed E-state index contributed by atoms with van der Waals surface area (Å²) in [4.78, 5) is 11.7. The number of hydrogen-bond acceptors (Lipinski definition) is 3. The van der Waals surface area contributed by atoms with E-state index in [2.05, 4.69) is 15.9 Å². The van der Waals surface area contributed by atoms with E-state index < -0.39 is 17.4 Å². The van der Waals surface area contributed by atoms with Gasteiger partial charge < -0.3 is 4.90 Å². The second-order valence-corrected chi connectivity index (χ2v) is 5.19. The minimum atomic E-state index is -2.78. The molecule has 7 heteroatoms. The van der Waals surface area contributed by atoms with Gasteiger partial charge in [-0.25, -0.2) is 8.78 Å². The summed E-state index contributed by atoms with van der Waals surface area (Å²) in [7, 11) is 0. The molecule has 0 spiro atoms. The van der Waals surface area contributed by atoms with Crippen LogP contribution in [0.15, 0.2) is 22.7 Å². The molecule has 2 rings (SSSR count). The molecule has 0 bridgehead atoms. The van der Waals surface area contributed by atoms with Crippen LogP contribution < -0.4 is 4.90 Å². The van der Waals surface area contributed by atoms with Crippen molar-refractivity contribution in [2.24, 2.45) is 0 Å². The normalized spacial score (nSPS) is 18.7. The number of piperidine rings is 1. The highest BCUT2D eigenvalue weighted by Crippen LogP contribution is 2.36. The molecule has 0 atom stereocenters. The van der Waals surface area contributed by atoms with Crippen molar-refractivity contribution in [2.75, 3.05) is 18.0 Å². The third kappa shape index (κ3) is 2.77. The molecular formula is C11H11BrF2N2O2. The number of anilines is 1. The molecule has 0 N–H and O–H groups in total. The molecule has 4 nitrogen and oxygen atoms in total. The first kappa shape index (κ1) is 13.2. The van der Waals surface area contributed by atoms with E-state index in [9.17, 15) is 18.9 Å². The van der Waals surface area contributed by atoms with Crippen molar-refractivity contribution < 1.29 is 13.7 Å². The fourth-order valence-corrected chi connectivity index (χ4v) is 2.42. The molecule has 0 unspecified atom stereocenters. The van der Waals surface area contributed by atoms with Gasteiger partial charge in [-0.15, -0.1) is 0 Å². The Morgan fingerprint density at radius 2 is 2.17 bits per heavy atom. The molecule has 1 aromatic carbocycles. The average Bonchev–Trinajstić information content (AvgIpc) is 2.27. The van der Waals surface area contributed by atoms with Gasteiger partial charge in [-0.2, -0.15) is 0 Å². The number of benzene rings is 1. The van der Waals surface area contributed by atoms with Crippen molar-refractivity contribution in [3.63, 3.8) is 0 Å². The lowest BCUT2D eigenvalue weighted by atomic mass is 10.1. The van der Waals surface area contributed by atoms with Crippen LogP contribution in [0.5, 0.6) is 0 Å². The number of hydrogen-bond donors (Lipinski definition) is 0. The monoisotopic (exact) mass is 320 g/mol. The van der Waals surface area contributed by atoms with Gasteiger partial charge in [-0.3, -0.25) is 10.1 Å². The summed E-state index contributed by atoms with van der Waals surface area (Å²) in [5, 5.41) is 10.9. The molecule has 0 aliphatic carbocycles. The summed E-state index contributed by atoms with van der Waals surface area (Å²) in [5.74, 6) is -2.78. The van der Waals surface area contributed by atoms with Crippen LogP contribution in [0.2, 0.25) is 0 Å². The second-order valence-electron chi connectivity index (χ2n) is 4.27. The number of nitro benzene ring substituents is 1. The fourth-order valence-electron chi connectivity index (χ4n) is 2.08. The molecule has 1 aromatic rings. The summed E-state index contributed by atoms with van der Waals surface area (Å²) < 4.78 is 27.3. The average molecular weight is 321 g/mol. The van der Waals surface area contributed by atoms with Crippen molar-refractivity contribution in [1.29, 1.82) is 0 Å². The first-order valence-corrected chi connectivity index (χ1v) is 6.25. The van der Waals surface area contributed by atoms with E-state index in [1.807, 2.05) is 0 Å². The highest BCUT2D eigenvalue weighted by Gasteiger charge is 2.37. The predicted molar refractivity (Wildman–Crippen MR) is 67.2 cm³/mol. The van der Waals surface area contributed by atoms with Crippen molar-refractivity contribution in [1.82, 2.24) is 0 Å². The number of rotatable bonds is 2. The van der Waals surface area contributed by atoms with Gasteiger partial charge in [-0.1, -0.05) is 15.9 Å². The third-order valence-electron chi connectivity index (χ3n) is 2.87. The summed E-state index contributed by atoms with van der Waals surface area (Å²) in [5.41, 5.74) is 0.102. The number of nitro groups is 1. The molecule has 18 heavy (non-hydrogen) atoms. The lowest BCUT2D eigenvalue weighted by Gasteiger charge is -2.33. The van der Waals surface area contributed by atoms with Crippen molar-refractivity contribution >= 4 is 27.3 Å². The Morgan fingerprint density at radius 3 is 2.78 bits per heavy atom. The Bertz CT molecular complexity index is 482. The van der Waals surface area contributed by atoms with E-state index in [0.717, 1.165) is 0 Å². The Balaban J connectivity index is 2.37. The van der Waals surface area contributed by atoms with Crippen LogP contribution in [0.4, 0.5) is 20.2 Å². The van der Waals surface area contributed by atoms with Crippen molar-refractivity contribution in [3.05, 3.63) is 32.8 Å². The largest absolute Gasteiger partial charge is 0.360 e. The van der Waals surface area contributed by atoms with Gasteiger partial charge in [-0.05, 0) is 18.6 Å². The predicted octanol–water partition coefficient (Wildman–Crippen LogP) is 3.59. The maximum atomic E-state index is 13.4. The summed E-state index contributed by atoms with van der Waals surface area (Å²) in [6.45, 7) is -0.0584. The molecule has 0 aromatic heterocycles. The first-order chi connectivity index (χ1) is 8.39. The van der Waals surface area contributed by atoms with Crippen LogP contribution in [0.1, 0.15) is 12.8 Å². The van der Waals surface area contributed by atoms with E-state index in [1.165, 1.54) is 23.1 Å². The van der Waals surface area contributed by atoms with Crippen LogP contribution in [0.3, 0.4) is 0 Å². The zero-order valence-electron chi connectivity index (χ0n) is 9.41. The Hall–Kier alpha value is -1.24. The summed E-state index contributed by atoms with van der Waals surface area (Å²) in [6.07, 6.45) is 0.169. The zero-order chi connectivity index (χ0) is 13.3. The minimum Gasteiger partial charge on any atom is -0.360 e. The van der Waals surface area contributed by atoms with Gasteiger partial charge in [0, 0.05) is 23.5 Å². The summed E-state index contributed by atoms with van der Waals surface area (Å²) in [6, 6.07) is 4.37. The lowest BCUT2D eigenvalue weighted by Crippen LogP contribution is -2.42. The van der Waals surface area contributed by atoms with Crippen LogP contribution in [0.25, 0.3) is 0 Å². The van der Waals surface area contributed by atoms with Crippen LogP contribution in [0, 0.1) is 10.1 Å². The molecule has 1 aliphatic heterocycles. The van der Waals surface area contributed by atoms with Crippen LogP contribution in [-0.4, -0.2) is 23.9 Å². The van der Waals surface area contributed by atoms with Crippen molar-refractivity contribution in [3.8, 4) is 0 Å². The third-order valence-corrected chi connectivity index (χ3v) is 3.36. The van der Waals surface area contributed by atoms with Gasteiger partial charge in [0.2, 0.25) is 0 Å². The van der Waals surface area contributed by atoms with Crippen molar-refractivity contribution in [2.45, 2.75) is 18.8 Å². The van der Waals surface area contributed by atoms with Crippen LogP contribution >= 0.6 is 15.9 Å². The van der Waals surface area contributed by atoms with Gasteiger partial charge in [0.15, 0.2) is 0 Å². The van der Waals surface area contributed by atoms with E-state index in [0.29, 0.717) is 17.4 Å². The lowest BCUT2D eigenvalue weighted by molar-refractivity contribution is -0.384.